The molecule has 1 aliphatic rings. The maximum Gasteiger partial charge on any atom is 0.203 e. The van der Waals surface area contributed by atoms with Crippen molar-refractivity contribution in [1.82, 2.24) is 0 Å². The summed E-state index contributed by atoms with van der Waals surface area (Å²) in [5, 5.41) is 9.55. The molecule has 0 spiro atoms. The molecule has 1 heterocycles. The first-order valence-electron chi connectivity index (χ1n) is 7.41. The standard InChI is InChI=1S/C18H20O5/c1-20-15-7-6-14(17(21-2)18(15)22-3)12-8-11-4-5-13(19)9-16(11)23-10-12/h4-7,9,12,19H,8,10H2,1-3H3/t12-/m0/s1. The number of aromatic hydroxyl groups is 1. The van der Waals surface area contributed by atoms with Gasteiger partial charge in [-0.2, -0.15) is 0 Å². The quantitative estimate of drug-likeness (QED) is 0.939. The predicted octanol–water partition coefficient (Wildman–Crippen LogP) is 3.14. The van der Waals surface area contributed by atoms with Gasteiger partial charge in [-0.25, -0.2) is 0 Å². The topological polar surface area (TPSA) is 57.2 Å². The Balaban J connectivity index is 1.98. The summed E-state index contributed by atoms with van der Waals surface area (Å²) in [6.45, 7) is 0.516. The lowest BCUT2D eigenvalue weighted by Gasteiger charge is -2.27. The molecule has 0 fully saturated rings. The van der Waals surface area contributed by atoms with Gasteiger partial charge in [0.2, 0.25) is 5.75 Å². The summed E-state index contributed by atoms with van der Waals surface area (Å²) in [7, 11) is 4.82. The first-order chi connectivity index (χ1) is 11.2. The van der Waals surface area contributed by atoms with Gasteiger partial charge in [-0.1, -0.05) is 12.1 Å². The largest absolute Gasteiger partial charge is 0.508 e. The second kappa shape index (κ2) is 6.28. The first kappa shape index (κ1) is 15.3. The van der Waals surface area contributed by atoms with Crippen molar-refractivity contribution >= 4 is 0 Å². The van der Waals surface area contributed by atoms with Gasteiger partial charge in [0.25, 0.3) is 0 Å². The van der Waals surface area contributed by atoms with Crippen LogP contribution in [0, 0.1) is 0 Å². The number of methoxy groups -OCH3 is 3. The molecule has 1 atom stereocenters. The van der Waals surface area contributed by atoms with Crippen molar-refractivity contribution in [3.63, 3.8) is 0 Å². The molecule has 23 heavy (non-hydrogen) atoms. The fourth-order valence-electron chi connectivity index (χ4n) is 3.01. The number of benzene rings is 2. The van der Waals surface area contributed by atoms with Crippen LogP contribution in [0.4, 0.5) is 0 Å². The van der Waals surface area contributed by atoms with Crippen molar-refractivity contribution in [1.29, 1.82) is 0 Å². The Morgan fingerprint density at radius 3 is 2.48 bits per heavy atom. The lowest BCUT2D eigenvalue weighted by atomic mass is 9.89. The summed E-state index contributed by atoms with van der Waals surface area (Å²) in [6, 6.07) is 9.08. The van der Waals surface area contributed by atoms with Crippen LogP contribution in [0.5, 0.6) is 28.7 Å². The molecule has 122 valence electrons. The zero-order chi connectivity index (χ0) is 16.4. The lowest BCUT2D eigenvalue weighted by Crippen LogP contribution is -2.20. The Labute approximate surface area is 135 Å². The van der Waals surface area contributed by atoms with Gasteiger partial charge in [-0.15, -0.1) is 0 Å². The highest BCUT2D eigenvalue weighted by Gasteiger charge is 2.27. The average Bonchev–Trinajstić information content (AvgIpc) is 2.59. The number of phenolic OH excluding ortho intramolecular Hbond substituents is 1. The Morgan fingerprint density at radius 2 is 1.78 bits per heavy atom. The molecule has 0 aromatic heterocycles. The Morgan fingerprint density at radius 1 is 1.00 bits per heavy atom. The Hall–Kier alpha value is -2.56. The van der Waals surface area contributed by atoms with Crippen LogP contribution >= 0.6 is 0 Å². The minimum Gasteiger partial charge on any atom is -0.508 e. The molecule has 0 saturated carbocycles. The number of fused-ring (bicyclic) bond motifs is 1. The Bertz CT molecular complexity index is 711. The maximum atomic E-state index is 9.55. The monoisotopic (exact) mass is 316 g/mol. The van der Waals surface area contributed by atoms with E-state index in [1.807, 2.05) is 18.2 Å². The van der Waals surface area contributed by atoms with Gasteiger partial charge in [-0.3, -0.25) is 0 Å². The molecular weight excluding hydrogens is 296 g/mol. The van der Waals surface area contributed by atoms with Gasteiger partial charge in [0.1, 0.15) is 11.5 Å². The van der Waals surface area contributed by atoms with E-state index in [9.17, 15) is 5.11 Å². The molecule has 1 aliphatic heterocycles. The van der Waals surface area contributed by atoms with Gasteiger partial charge in [0.15, 0.2) is 11.5 Å². The summed E-state index contributed by atoms with van der Waals surface area (Å²) >= 11 is 0. The van der Waals surface area contributed by atoms with E-state index in [1.165, 1.54) is 0 Å². The summed E-state index contributed by atoms with van der Waals surface area (Å²) in [5.74, 6) is 2.98. The molecule has 2 aromatic rings. The number of hydrogen-bond acceptors (Lipinski definition) is 5. The van der Waals surface area contributed by atoms with Gasteiger partial charge in [-0.05, 0) is 24.1 Å². The first-order valence-corrected chi connectivity index (χ1v) is 7.41. The van der Waals surface area contributed by atoms with Crippen molar-refractivity contribution in [3.8, 4) is 28.7 Å². The highest BCUT2D eigenvalue weighted by Crippen LogP contribution is 2.45. The number of phenols is 1. The van der Waals surface area contributed by atoms with Crippen molar-refractivity contribution in [2.24, 2.45) is 0 Å². The third-order valence-corrected chi connectivity index (χ3v) is 4.13. The van der Waals surface area contributed by atoms with Crippen LogP contribution in [0.25, 0.3) is 0 Å². The molecule has 5 nitrogen and oxygen atoms in total. The fraction of sp³-hybridized carbons (Fsp3) is 0.333. The third kappa shape index (κ3) is 2.74. The van der Waals surface area contributed by atoms with Crippen LogP contribution in [0.3, 0.4) is 0 Å². The van der Waals surface area contributed by atoms with Gasteiger partial charge in [0.05, 0.1) is 27.9 Å². The minimum absolute atomic E-state index is 0.141. The maximum absolute atomic E-state index is 9.55. The van der Waals surface area contributed by atoms with Crippen LogP contribution in [0.2, 0.25) is 0 Å². The summed E-state index contributed by atoms with van der Waals surface area (Å²) in [5.41, 5.74) is 2.08. The molecule has 1 N–H and O–H groups in total. The van der Waals surface area contributed by atoms with Crippen LogP contribution in [0.15, 0.2) is 30.3 Å². The SMILES string of the molecule is COc1ccc([C@@H]2COc3cc(O)ccc3C2)c(OC)c1OC. The lowest BCUT2D eigenvalue weighted by molar-refractivity contribution is 0.255. The van der Waals surface area contributed by atoms with Gasteiger partial charge < -0.3 is 24.1 Å². The van der Waals surface area contributed by atoms with E-state index >= 15 is 0 Å². The molecule has 0 saturated heterocycles. The molecule has 2 aromatic carbocycles. The average molecular weight is 316 g/mol. The van der Waals surface area contributed by atoms with Gasteiger partial charge in [0, 0.05) is 17.5 Å². The van der Waals surface area contributed by atoms with E-state index in [1.54, 1.807) is 33.5 Å². The molecule has 0 unspecified atom stereocenters. The Kier molecular flexibility index (Phi) is 4.19. The highest BCUT2D eigenvalue weighted by atomic mass is 16.5. The zero-order valence-electron chi connectivity index (χ0n) is 13.5. The van der Waals surface area contributed by atoms with Crippen LogP contribution in [-0.4, -0.2) is 33.0 Å². The second-order valence-corrected chi connectivity index (χ2v) is 5.43. The van der Waals surface area contributed by atoms with Crippen LogP contribution < -0.4 is 18.9 Å². The second-order valence-electron chi connectivity index (χ2n) is 5.43. The van der Waals surface area contributed by atoms with Crippen molar-refractivity contribution in [2.45, 2.75) is 12.3 Å². The molecule has 0 bridgehead atoms. The molecular formula is C18H20O5. The predicted molar refractivity (Wildman–Crippen MR) is 86.1 cm³/mol. The molecule has 0 radical (unpaired) electrons. The van der Waals surface area contributed by atoms with E-state index in [2.05, 4.69) is 0 Å². The number of hydrogen-bond donors (Lipinski definition) is 1. The van der Waals surface area contributed by atoms with E-state index in [0.29, 0.717) is 23.9 Å². The van der Waals surface area contributed by atoms with Crippen molar-refractivity contribution < 1.29 is 24.1 Å². The molecule has 0 amide bonds. The van der Waals surface area contributed by atoms with Crippen LogP contribution in [-0.2, 0) is 6.42 Å². The minimum atomic E-state index is 0.141. The van der Waals surface area contributed by atoms with Gasteiger partial charge >= 0.3 is 0 Å². The summed E-state index contributed by atoms with van der Waals surface area (Å²) in [6.07, 6.45) is 0.807. The molecule has 3 rings (SSSR count). The van der Waals surface area contributed by atoms with E-state index in [4.69, 9.17) is 18.9 Å². The summed E-state index contributed by atoms with van der Waals surface area (Å²) < 4.78 is 22.2. The number of rotatable bonds is 4. The molecule has 0 aliphatic carbocycles. The normalized spacial score (nSPS) is 16.2. The van der Waals surface area contributed by atoms with E-state index < -0.39 is 0 Å². The third-order valence-electron chi connectivity index (χ3n) is 4.13. The van der Waals surface area contributed by atoms with Crippen LogP contribution in [0.1, 0.15) is 17.0 Å². The summed E-state index contributed by atoms with van der Waals surface area (Å²) in [4.78, 5) is 0. The van der Waals surface area contributed by atoms with E-state index in [0.717, 1.165) is 23.3 Å². The molecule has 5 heteroatoms. The smallest absolute Gasteiger partial charge is 0.203 e. The zero-order valence-corrected chi connectivity index (χ0v) is 13.5. The highest BCUT2D eigenvalue weighted by molar-refractivity contribution is 5.57. The van der Waals surface area contributed by atoms with E-state index in [-0.39, 0.29) is 11.7 Å². The van der Waals surface area contributed by atoms with Crippen molar-refractivity contribution in [3.05, 3.63) is 41.5 Å². The number of ether oxygens (including phenoxy) is 4. The fourth-order valence-corrected chi connectivity index (χ4v) is 3.01. The van der Waals surface area contributed by atoms with Crippen molar-refractivity contribution in [2.75, 3.05) is 27.9 Å².